The highest BCUT2D eigenvalue weighted by molar-refractivity contribution is 8.00. The molecule has 0 aliphatic carbocycles. The standard InChI is InChI=1S/C14H13N5O3S/c1-2-22-14(21)11-12-16-13(23-7-10(15)20)8-5-3-4-6-9(8)19(12)18-17-11/h3-6H,2,7H2,1H3,(H2,15,20). The molecule has 0 fully saturated rings. The number of esters is 1. The van der Waals surface area contributed by atoms with Crippen LogP contribution < -0.4 is 5.73 Å². The molecule has 2 heterocycles. The average Bonchev–Trinajstić information content (AvgIpc) is 2.97. The maximum atomic E-state index is 12.0. The minimum atomic E-state index is -0.587. The molecule has 23 heavy (non-hydrogen) atoms. The Bertz CT molecular complexity index is 908. The van der Waals surface area contributed by atoms with Crippen molar-refractivity contribution >= 4 is 40.2 Å². The van der Waals surface area contributed by atoms with Gasteiger partial charge in [0.25, 0.3) is 0 Å². The van der Waals surface area contributed by atoms with Crippen molar-refractivity contribution in [2.24, 2.45) is 5.73 Å². The van der Waals surface area contributed by atoms with Crippen LogP contribution in [0.2, 0.25) is 0 Å². The number of amides is 1. The van der Waals surface area contributed by atoms with Crippen LogP contribution in [0.15, 0.2) is 29.3 Å². The number of thioether (sulfide) groups is 1. The van der Waals surface area contributed by atoms with Crippen LogP contribution in [-0.4, -0.2) is 44.0 Å². The number of rotatable bonds is 5. The van der Waals surface area contributed by atoms with Crippen LogP contribution in [0.1, 0.15) is 17.4 Å². The van der Waals surface area contributed by atoms with Gasteiger partial charge in [0.15, 0.2) is 5.65 Å². The van der Waals surface area contributed by atoms with Crippen molar-refractivity contribution in [3.63, 3.8) is 0 Å². The van der Waals surface area contributed by atoms with Crippen LogP contribution in [0.3, 0.4) is 0 Å². The number of benzene rings is 1. The van der Waals surface area contributed by atoms with Crippen molar-refractivity contribution in [1.82, 2.24) is 19.8 Å². The van der Waals surface area contributed by atoms with Crippen molar-refractivity contribution in [1.29, 1.82) is 0 Å². The second-order valence-corrected chi connectivity index (χ2v) is 5.55. The zero-order chi connectivity index (χ0) is 16.4. The molecule has 0 spiro atoms. The van der Waals surface area contributed by atoms with Crippen molar-refractivity contribution in [2.75, 3.05) is 12.4 Å². The molecule has 3 rings (SSSR count). The summed E-state index contributed by atoms with van der Waals surface area (Å²) in [6, 6.07) is 7.39. The van der Waals surface area contributed by atoms with Crippen molar-refractivity contribution < 1.29 is 14.3 Å². The molecule has 0 saturated carbocycles. The van der Waals surface area contributed by atoms with E-state index in [1.54, 1.807) is 6.92 Å². The summed E-state index contributed by atoms with van der Waals surface area (Å²) in [5.74, 6) is -0.946. The molecule has 1 amide bonds. The Labute approximate surface area is 135 Å². The van der Waals surface area contributed by atoms with E-state index in [0.717, 1.165) is 10.9 Å². The van der Waals surface area contributed by atoms with Gasteiger partial charge >= 0.3 is 5.97 Å². The molecule has 9 heteroatoms. The van der Waals surface area contributed by atoms with Crippen molar-refractivity contribution in [3.05, 3.63) is 30.0 Å². The molecule has 0 bridgehead atoms. The van der Waals surface area contributed by atoms with E-state index < -0.39 is 11.9 Å². The maximum absolute atomic E-state index is 12.0. The van der Waals surface area contributed by atoms with Gasteiger partial charge < -0.3 is 10.5 Å². The molecule has 8 nitrogen and oxygen atoms in total. The molecule has 118 valence electrons. The summed E-state index contributed by atoms with van der Waals surface area (Å²) in [6.07, 6.45) is 0. The number of carbonyl (C=O) groups is 2. The largest absolute Gasteiger partial charge is 0.461 e. The number of primary amides is 1. The van der Waals surface area contributed by atoms with E-state index >= 15 is 0 Å². The van der Waals surface area contributed by atoms with Crippen LogP contribution >= 0.6 is 11.8 Å². The Balaban J connectivity index is 2.21. The fourth-order valence-corrected chi connectivity index (χ4v) is 2.87. The lowest BCUT2D eigenvalue weighted by molar-refractivity contribution is -0.115. The first kappa shape index (κ1) is 15.2. The number of hydrogen-bond donors (Lipinski definition) is 1. The third-order valence-electron chi connectivity index (χ3n) is 3.04. The first-order valence-corrected chi connectivity index (χ1v) is 7.82. The van der Waals surface area contributed by atoms with E-state index in [9.17, 15) is 9.59 Å². The molecular formula is C14H13N5O3S. The van der Waals surface area contributed by atoms with Crippen molar-refractivity contribution in [3.8, 4) is 0 Å². The Kier molecular flexibility index (Phi) is 4.11. The average molecular weight is 331 g/mol. The third-order valence-corrected chi connectivity index (χ3v) is 4.05. The van der Waals surface area contributed by atoms with Crippen LogP contribution in [0.5, 0.6) is 0 Å². The van der Waals surface area contributed by atoms with Gasteiger partial charge in [0.05, 0.1) is 17.9 Å². The molecule has 0 aliphatic rings. The molecule has 0 radical (unpaired) electrons. The lowest BCUT2D eigenvalue weighted by Gasteiger charge is -2.06. The van der Waals surface area contributed by atoms with Gasteiger partial charge in [-0.2, -0.15) is 4.52 Å². The molecule has 2 N–H and O–H groups in total. The van der Waals surface area contributed by atoms with Crippen LogP contribution in [0, 0.1) is 0 Å². The first-order chi connectivity index (χ1) is 11.1. The number of nitrogens with two attached hydrogens (primary N) is 1. The fourth-order valence-electron chi connectivity index (χ4n) is 2.12. The highest BCUT2D eigenvalue weighted by Gasteiger charge is 2.20. The van der Waals surface area contributed by atoms with E-state index in [1.807, 2.05) is 24.3 Å². The summed E-state index contributed by atoms with van der Waals surface area (Å²) in [7, 11) is 0. The fraction of sp³-hybridized carbons (Fsp3) is 0.214. The quantitative estimate of drug-likeness (QED) is 0.422. The van der Waals surface area contributed by atoms with Crippen molar-refractivity contribution in [2.45, 2.75) is 11.9 Å². The van der Waals surface area contributed by atoms with E-state index in [0.29, 0.717) is 5.03 Å². The summed E-state index contributed by atoms with van der Waals surface area (Å²) in [5, 5.41) is 9.25. The zero-order valence-corrected chi connectivity index (χ0v) is 13.0. The molecule has 1 aromatic carbocycles. The summed E-state index contributed by atoms with van der Waals surface area (Å²) in [6.45, 7) is 1.94. The number of nitrogens with zero attached hydrogens (tertiary/aromatic N) is 4. The van der Waals surface area contributed by atoms with Gasteiger partial charge in [-0.05, 0) is 13.0 Å². The summed E-state index contributed by atoms with van der Waals surface area (Å²) in [4.78, 5) is 27.5. The topological polar surface area (TPSA) is 112 Å². The first-order valence-electron chi connectivity index (χ1n) is 6.84. The molecule has 3 aromatic rings. The molecule has 0 atom stereocenters. The van der Waals surface area contributed by atoms with Gasteiger partial charge in [0, 0.05) is 5.39 Å². The summed E-state index contributed by atoms with van der Waals surface area (Å²) in [5.41, 5.74) is 6.26. The molecule has 0 aliphatic heterocycles. The lowest BCUT2D eigenvalue weighted by atomic mass is 10.2. The van der Waals surface area contributed by atoms with Gasteiger partial charge in [-0.25, -0.2) is 9.78 Å². The van der Waals surface area contributed by atoms with Gasteiger partial charge in [0.1, 0.15) is 5.03 Å². The second kappa shape index (κ2) is 6.21. The van der Waals surface area contributed by atoms with Gasteiger partial charge in [-0.3, -0.25) is 4.79 Å². The van der Waals surface area contributed by atoms with E-state index in [-0.39, 0.29) is 23.7 Å². The van der Waals surface area contributed by atoms with E-state index in [1.165, 1.54) is 16.3 Å². The maximum Gasteiger partial charge on any atom is 0.362 e. The summed E-state index contributed by atoms with van der Waals surface area (Å²) < 4.78 is 6.45. The van der Waals surface area contributed by atoms with Crippen LogP contribution in [0.25, 0.3) is 16.6 Å². The number of carbonyl (C=O) groups excluding carboxylic acids is 2. The van der Waals surface area contributed by atoms with Gasteiger partial charge in [-0.15, -0.1) is 5.10 Å². The Hall–Kier alpha value is -2.68. The Morgan fingerprint density at radius 3 is 2.87 bits per heavy atom. The highest BCUT2D eigenvalue weighted by atomic mass is 32.2. The summed E-state index contributed by atoms with van der Waals surface area (Å²) >= 11 is 1.20. The molecule has 0 unspecified atom stereocenters. The van der Waals surface area contributed by atoms with Crippen LogP contribution in [-0.2, 0) is 9.53 Å². The Morgan fingerprint density at radius 1 is 1.35 bits per heavy atom. The molecule has 2 aromatic heterocycles. The molecule has 0 saturated heterocycles. The SMILES string of the molecule is CCOC(=O)c1nnn2c1nc(SCC(N)=O)c1ccccc12. The smallest absolute Gasteiger partial charge is 0.362 e. The number of fused-ring (bicyclic) bond motifs is 3. The lowest BCUT2D eigenvalue weighted by Crippen LogP contribution is -2.13. The number of para-hydroxylation sites is 1. The predicted octanol–water partition coefficient (Wildman–Crippen LogP) is 1.03. The Morgan fingerprint density at radius 2 is 2.13 bits per heavy atom. The number of aromatic nitrogens is 4. The van der Waals surface area contributed by atoms with Gasteiger partial charge in [-0.1, -0.05) is 35.2 Å². The second-order valence-electron chi connectivity index (χ2n) is 4.58. The predicted molar refractivity (Wildman–Crippen MR) is 84.2 cm³/mol. The highest BCUT2D eigenvalue weighted by Crippen LogP contribution is 2.27. The zero-order valence-electron chi connectivity index (χ0n) is 12.2. The number of ether oxygens (including phenoxy) is 1. The number of hydrogen-bond acceptors (Lipinski definition) is 7. The minimum Gasteiger partial charge on any atom is -0.461 e. The third kappa shape index (κ3) is 2.82. The monoisotopic (exact) mass is 331 g/mol. The van der Waals surface area contributed by atoms with E-state index in [4.69, 9.17) is 10.5 Å². The normalized spacial score (nSPS) is 11.0. The van der Waals surface area contributed by atoms with E-state index in [2.05, 4.69) is 15.3 Å². The van der Waals surface area contributed by atoms with Gasteiger partial charge in [0.2, 0.25) is 11.6 Å². The molecular weight excluding hydrogens is 318 g/mol. The van der Waals surface area contributed by atoms with Crippen LogP contribution in [0.4, 0.5) is 0 Å². The minimum absolute atomic E-state index is 0.0403.